The van der Waals surface area contributed by atoms with Crippen LogP contribution < -0.4 is 11.1 Å². The van der Waals surface area contributed by atoms with Crippen LogP contribution in [-0.2, 0) is 0 Å². The van der Waals surface area contributed by atoms with Crippen molar-refractivity contribution >= 4 is 6.03 Å². The second-order valence-corrected chi connectivity index (χ2v) is 2.94. The lowest BCUT2D eigenvalue weighted by molar-refractivity contribution is 0.193. The average Bonchev–Trinajstić information content (AvgIpc) is 2.13. The molecule has 0 saturated carbocycles. The molecule has 1 heterocycles. The summed E-state index contributed by atoms with van der Waals surface area (Å²) in [6.45, 7) is 4.61. The highest BCUT2D eigenvalue weighted by Crippen LogP contribution is 2.02. The molecule has 1 rings (SSSR count). The zero-order chi connectivity index (χ0) is 8.27. The minimum absolute atomic E-state index is 0.231. The molecule has 0 bridgehead atoms. The number of primary amides is 1. The first-order valence-corrected chi connectivity index (χ1v) is 3.98. The molecule has 1 atom stereocenters. The van der Waals surface area contributed by atoms with Gasteiger partial charge in [0, 0.05) is 19.1 Å². The van der Waals surface area contributed by atoms with Gasteiger partial charge in [0.25, 0.3) is 0 Å². The van der Waals surface area contributed by atoms with Gasteiger partial charge < -0.3 is 16.0 Å². The fourth-order valence-corrected chi connectivity index (χ4v) is 1.34. The number of nitrogens with two attached hydrogens (primary N) is 1. The standard InChI is InChI=1S/C7H15N3O/c1-6-5-9-3-2-4-10(6)7(8)11/h6,9H,2-5H2,1H3,(H2,8,11). The van der Waals surface area contributed by atoms with Crippen LogP contribution in [0.3, 0.4) is 0 Å². The Balaban J connectivity index is 2.52. The van der Waals surface area contributed by atoms with E-state index in [0.717, 1.165) is 26.1 Å². The third-order valence-electron chi connectivity index (χ3n) is 2.01. The van der Waals surface area contributed by atoms with Crippen LogP contribution in [0, 0.1) is 0 Å². The van der Waals surface area contributed by atoms with Crippen molar-refractivity contribution in [2.75, 3.05) is 19.6 Å². The normalized spacial score (nSPS) is 26.3. The summed E-state index contributed by atoms with van der Waals surface area (Å²) >= 11 is 0. The van der Waals surface area contributed by atoms with Gasteiger partial charge in [0.15, 0.2) is 0 Å². The second kappa shape index (κ2) is 3.57. The molecule has 0 radical (unpaired) electrons. The first-order valence-electron chi connectivity index (χ1n) is 3.98. The summed E-state index contributed by atoms with van der Waals surface area (Å²) < 4.78 is 0. The Bertz CT molecular complexity index is 149. The molecule has 4 heteroatoms. The van der Waals surface area contributed by atoms with Crippen LogP contribution in [0.4, 0.5) is 4.79 Å². The van der Waals surface area contributed by atoms with Crippen molar-refractivity contribution in [3.8, 4) is 0 Å². The molecule has 1 fully saturated rings. The molecule has 0 aliphatic carbocycles. The Labute approximate surface area is 66.7 Å². The highest BCUT2D eigenvalue weighted by Gasteiger charge is 2.18. The molecule has 0 aromatic rings. The molecule has 2 amide bonds. The van der Waals surface area contributed by atoms with Crippen LogP contribution in [0.15, 0.2) is 0 Å². The highest BCUT2D eigenvalue weighted by molar-refractivity contribution is 5.72. The van der Waals surface area contributed by atoms with E-state index in [1.807, 2.05) is 6.92 Å². The number of hydrogen-bond acceptors (Lipinski definition) is 2. The zero-order valence-electron chi connectivity index (χ0n) is 6.84. The van der Waals surface area contributed by atoms with Gasteiger partial charge in [-0.3, -0.25) is 0 Å². The van der Waals surface area contributed by atoms with Crippen molar-refractivity contribution in [1.29, 1.82) is 0 Å². The van der Waals surface area contributed by atoms with Crippen molar-refractivity contribution in [3.05, 3.63) is 0 Å². The van der Waals surface area contributed by atoms with Gasteiger partial charge in [-0.2, -0.15) is 0 Å². The van der Waals surface area contributed by atoms with Gasteiger partial charge in [0.1, 0.15) is 0 Å². The molecule has 64 valence electrons. The summed E-state index contributed by atoms with van der Waals surface area (Å²) in [4.78, 5) is 12.5. The van der Waals surface area contributed by atoms with Crippen LogP contribution in [0.25, 0.3) is 0 Å². The number of nitrogens with one attached hydrogen (secondary N) is 1. The van der Waals surface area contributed by atoms with E-state index in [4.69, 9.17) is 5.73 Å². The SMILES string of the molecule is CC1CNCCCN1C(N)=O. The van der Waals surface area contributed by atoms with Crippen molar-refractivity contribution in [1.82, 2.24) is 10.2 Å². The van der Waals surface area contributed by atoms with Gasteiger partial charge in [-0.25, -0.2) is 4.79 Å². The summed E-state index contributed by atoms with van der Waals surface area (Å²) in [7, 11) is 0. The Morgan fingerprint density at radius 3 is 3.09 bits per heavy atom. The number of carbonyl (C=O) groups excluding carboxylic acids is 1. The van der Waals surface area contributed by atoms with Gasteiger partial charge in [0.05, 0.1) is 0 Å². The van der Waals surface area contributed by atoms with Crippen LogP contribution in [0.1, 0.15) is 13.3 Å². The molecule has 1 aliphatic heterocycles. The topological polar surface area (TPSA) is 58.4 Å². The maximum absolute atomic E-state index is 10.8. The summed E-state index contributed by atoms with van der Waals surface area (Å²) in [6.07, 6.45) is 0.993. The third-order valence-corrected chi connectivity index (χ3v) is 2.01. The fourth-order valence-electron chi connectivity index (χ4n) is 1.34. The number of carbonyl (C=O) groups is 1. The molecule has 4 nitrogen and oxygen atoms in total. The lowest BCUT2D eigenvalue weighted by Crippen LogP contribution is -2.44. The molecule has 1 unspecified atom stereocenters. The third kappa shape index (κ3) is 2.08. The van der Waals surface area contributed by atoms with E-state index in [1.165, 1.54) is 0 Å². The largest absolute Gasteiger partial charge is 0.351 e. The zero-order valence-corrected chi connectivity index (χ0v) is 6.84. The Hall–Kier alpha value is -0.770. The van der Waals surface area contributed by atoms with Gasteiger partial charge in [-0.1, -0.05) is 0 Å². The number of hydrogen-bond donors (Lipinski definition) is 2. The van der Waals surface area contributed by atoms with E-state index in [-0.39, 0.29) is 12.1 Å². The molecule has 1 saturated heterocycles. The maximum atomic E-state index is 10.8. The maximum Gasteiger partial charge on any atom is 0.315 e. The first kappa shape index (κ1) is 8.33. The molecular formula is C7H15N3O. The summed E-state index contributed by atoms with van der Waals surface area (Å²) in [5.74, 6) is 0. The molecule has 0 aromatic carbocycles. The summed E-state index contributed by atoms with van der Waals surface area (Å²) in [5, 5.41) is 3.23. The number of urea groups is 1. The minimum Gasteiger partial charge on any atom is -0.351 e. The Kier molecular flexibility index (Phi) is 2.70. The molecule has 3 N–H and O–H groups in total. The Morgan fingerprint density at radius 1 is 1.73 bits per heavy atom. The summed E-state index contributed by atoms with van der Waals surface area (Å²) in [5.41, 5.74) is 5.19. The van der Waals surface area contributed by atoms with Crippen LogP contribution in [-0.4, -0.2) is 36.6 Å². The number of rotatable bonds is 0. The van der Waals surface area contributed by atoms with E-state index in [0.29, 0.717) is 0 Å². The lowest BCUT2D eigenvalue weighted by atomic mass is 10.3. The first-order chi connectivity index (χ1) is 5.22. The molecule has 1 aliphatic rings. The van der Waals surface area contributed by atoms with Crippen molar-refractivity contribution < 1.29 is 4.79 Å². The monoisotopic (exact) mass is 157 g/mol. The van der Waals surface area contributed by atoms with Crippen molar-refractivity contribution in [3.63, 3.8) is 0 Å². The quantitative estimate of drug-likeness (QED) is 0.509. The van der Waals surface area contributed by atoms with Crippen LogP contribution >= 0.6 is 0 Å². The predicted molar refractivity (Wildman–Crippen MR) is 43.2 cm³/mol. The van der Waals surface area contributed by atoms with E-state index in [9.17, 15) is 4.79 Å². The van der Waals surface area contributed by atoms with Crippen LogP contribution in [0.2, 0.25) is 0 Å². The van der Waals surface area contributed by atoms with Gasteiger partial charge in [-0.05, 0) is 19.9 Å². The average molecular weight is 157 g/mol. The lowest BCUT2D eigenvalue weighted by Gasteiger charge is -2.24. The fraction of sp³-hybridized carbons (Fsp3) is 0.857. The van der Waals surface area contributed by atoms with Crippen molar-refractivity contribution in [2.24, 2.45) is 5.73 Å². The second-order valence-electron chi connectivity index (χ2n) is 2.94. The molecule has 0 spiro atoms. The van der Waals surface area contributed by atoms with E-state index in [1.54, 1.807) is 4.90 Å². The van der Waals surface area contributed by atoms with Gasteiger partial charge >= 0.3 is 6.03 Å². The van der Waals surface area contributed by atoms with Gasteiger partial charge in [-0.15, -0.1) is 0 Å². The molecule has 11 heavy (non-hydrogen) atoms. The number of nitrogens with zero attached hydrogens (tertiary/aromatic N) is 1. The predicted octanol–water partition coefficient (Wildman–Crippen LogP) is -0.251. The minimum atomic E-state index is -0.304. The molecule has 0 aromatic heterocycles. The van der Waals surface area contributed by atoms with Crippen molar-refractivity contribution in [2.45, 2.75) is 19.4 Å². The smallest absolute Gasteiger partial charge is 0.315 e. The highest BCUT2D eigenvalue weighted by atomic mass is 16.2. The Morgan fingerprint density at radius 2 is 2.45 bits per heavy atom. The van der Waals surface area contributed by atoms with Crippen LogP contribution in [0.5, 0.6) is 0 Å². The van der Waals surface area contributed by atoms with E-state index in [2.05, 4.69) is 5.32 Å². The summed E-state index contributed by atoms with van der Waals surface area (Å²) in [6, 6.07) is -0.0730. The van der Waals surface area contributed by atoms with E-state index >= 15 is 0 Å². The number of amides is 2. The van der Waals surface area contributed by atoms with E-state index < -0.39 is 0 Å². The van der Waals surface area contributed by atoms with Gasteiger partial charge in [0.2, 0.25) is 0 Å². The molecular weight excluding hydrogens is 142 g/mol.